The van der Waals surface area contributed by atoms with E-state index in [9.17, 15) is 4.79 Å². The van der Waals surface area contributed by atoms with Crippen LogP contribution in [0, 0.1) is 20.8 Å². The van der Waals surface area contributed by atoms with Gasteiger partial charge in [-0.3, -0.25) is 4.79 Å². The van der Waals surface area contributed by atoms with Crippen molar-refractivity contribution < 1.29 is 9.32 Å². The molecule has 0 aliphatic heterocycles. The van der Waals surface area contributed by atoms with E-state index in [-0.39, 0.29) is 5.91 Å². The zero-order chi connectivity index (χ0) is 16.4. The van der Waals surface area contributed by atoms with Gasteiger partial charge in [-0.05, 0) is 56.7 Å². The van der Waals surface area contributed by atoms with Crippen LogP contribution in [-0.2, 0) is 0 Å². The van der Waals surface area contributed by atoms with Crippen molar-refractivity contribution in [2.24, 2.45) is 0 Å². The minimum atomic E-state index is -0.148. The summed E-state index contributed by atoms with van der Waals surface area (Å²) in [5.41, 5.74) is 4.38. The van der Waals surface area contributed by atoms with Gasteiger partial charge in [0.25, 0.3) is 11.8 Å². The molecule has 5 nitrogen and oxygen atoms in total. The zero-order valence-electron chi connectivity index (χ0n) is 13.3. The zero-order valence-corrected chi connectivity index (χ0v) is 13.3. The number of hydrogen-bond donors (Lipinski definition) is 1. The highest BCUT2D eigenvalue weighted by molar-refractivity contribution is 6.04. The lowest BCUT2D eigenvalue weighted by atomic mass is 10.1. The van der Waals surface area contributed by atoms with Crippen molar-refractivity contribution in [2.45, 2.75) is 20.8 Å². The van der Waals surface area contributed by atoms with Crippen LogP contribution in [0.25, 0.3) is 11.5 Å². The Morgan fingerprint density at radius 2 is 1.78 bits per heavy atom. The summed E-state index contributed by atoms with van der Waals surface area (Å²) >= 11 is 0. The Bertz CT molecular complexity index is 851. The van der Waals surface area contributed by atoms with Crippen LogP contribution in [-0.4, -0.2) is 16.0 Å². The second-order valence-corrected chi connectivity index (χ2v) is 5.50. The SMILES string of the molecule is Cc1ccc(NC(=O)c2ccc(-c3nc(C)no3)cc2)c(C)c1. The van der Waals surface area contributed by atoms with Crippen LogP contribution in [0.5, 0.6) is 0 Å². The molecule has 0 atom stereocenters. The largest absolute Gasteiger partial charge is 0.334 e. The van der Waals surface area contributed by atoms with Crippen molar-refractivity contribution in [1.82, 2.24) is 10.1 Å². The number of aryl methyl sites for hydroxylation is 3. The maximum absolute atomic E-state index is 12.3. The number of carbonyl (C=O) groups excluding carboxylic acids is 1. The lowest BCUT2D eigenvalue weighted by Gasteiger charge is -2.09. The molecule has 3 rings (SSSR count). The molecule has 0 aliphatic carbocycles. The van der Waals surface area contributed by atoms with E-state index in [0.29, 0.717) is 17.3 Å². The van der Waals surface area contributed by atoms with Gasteiger partial charge < -0.3 is 9.84 Å². The van der Waals surface area contributed by atoms with Gasteiger partial charge in [0.2, 0.25) is 0 Å². The number of benzene rings is 2. The summed E-state index contributed by atoms with van der Waals surface area (Å²) in [6.07, 6.45) is 0. The fraction of sp³-hybridized carbons (Fsp3) is 0.167. The summed E-state index contributed by atoms with van der Waals surface area (Å²) in [5, 5.41) is 6.68. The van der Waals surface area contributed by atoms with Crippen LogP contribution in [0.4, 0.5) is 5.69 Å². The lowest BCUT2D eigenvalue weighted by Crippen LogP contribution is -2.12. The molecule has 0 aliphatic rings. The van der Waals surface area contributed by atoms with E-state index in [0.717, 1.165) is 16.8 Å². The monoisotopic (exact) mass is 307 g/mol. The Morgan fingerprint density at radius 1 is 1.04 bits per heavy atom. The summed E-state index contributed by atoms with van der Waals surface area (Å²) in [6, 6.07) is 13.0. The van der Waals surface area contributed by atoms with Crippen LogP contribution < -0.4 is 5.32 Å². The molecule has 0 fully saturated rings. The first kappa shape index (κ1) is 15.0. The van der Waals surface area contributed by atoms with Crippen LogP contribution in [0.2, 0.25) is 0 Å². The predicted molar refractivity (Wildman–Crippen MR) is 88.3 cm³/mol. The molecule has 3 aromatic rings. The number of anilines is 1. The third-order valence-corrected chi connectivity index (χ3v) is 3.55. The normalized spacial score (nSPS) is 10.6. The van der Waals surface area contributed by atoms with Gasteiger partial charge >= 0.3 is 0 Å². The Kier molecular flexibility index (Phi) is 3.93. The molecule has 1 heterocycles. The Hall–Kier alpha value is -2.95. The number of hydrogen-bond acceptors (Lipinski definition) is 4. The standard InChI is InChI=1S/C18H17N3O2/c1-11-4-9-16(12(2)10-11)20-17(22)14-5-7-15(8-6-14)18-19-13(3)21-23-18/h4-10H,1-3H3,(H,20,22). The third kappa shape index (κ3) is 3.29. The number of amides is 1. The highest BCUT2D eigenvalue weighted by Gasteiger charge is 2.10. The molecule has 1 N–H and O–H groups in total. The van der Waals surface area contributed by atoms with Crippen LogP contribution in [0.1, 0.15) is 27.3 Å². The topological polar surface area (TPSA) is 68.0 Å². The maximum atomic E-state index is 12.3. The number of carbonyl (C=O) groups is 1. The van der Waals surface area contributed by atoms with Gasteiger partial charge in [0.1, 0.15) is 0 Å². The van der Waals surface area contributed by atoms with Crippen molar-refractivity contribution in [3.8, 4) is 11.5 Å². The molecule has 0 spiro atoms. The summed E-state index contributed by atoms with van der Waals surface area (Å²) < 4.78 is 5.11. The van der Waals surface area contributed by atoms with Gasteiger partial charge in [-0.2, -0.15) is 4.98 Å². The quantitative estimate of drug-likeness (QED) is 0.796. The van der Waals surface area contributed by atoms with Crippen molar-refractivity contribution >= 4 is 11.6 Å². The van der Waals surface area contributed by atoms with Gasteiger partial charge in [0.05, 0.1) is 0 Å². The van der Waals surface area contributed by atoms with Crippen molar-refractivity contribution in [3.05, 3.63) is 65.0 Å². The van der Waals surface area contributed by atoms with Crippen LogP contribution in [0.3, 0.4) is 0 Å². The van der Waals surface area contributed by atoms with Crippen molar-refractivity contribution in [1.29, 1.82) is 0 Å². The summed E-state index contributed by atoms with van der Waals surface area (Å²) in [6.45, 7) is 5.76. The number of aromatic nitrogens is 2. The smallest absolute Gasteiger partial charge is 0.257 e. The predicted octanol–water partition coefficient (Wildman–Crippen LogP) is 3.91. The van der Waals surface area contributed by atoms with E-state index in [1.54, 1.807) is 31.2 Å². The first-order valence-electron chi connectivity index (χ1n) is 7.32. The first-order valence-corrected chi connectivity index (χ1v) is 7.32. The molecule has 2 aromatic carbocycles. The number of nitrogens with one attached hydrogen (secondary N) is 1. The van der Waals surface area contributed by atoms with Crippen molar-refractivity contribution in [2.75, 3.05) is 5.32 Å². The molecular weight excluding hydrogens is 290 g/mol. The Labute approximate surface area is 134 Å². The van der Waals surface area contributed by atoms with E-state index < -0.39 is 0 Å². The van der Waals surface area contributed by atoms with Gasteiger partial charge in [-0.25, -0.2) is 0 Å². The van der Waals surface area contributed by atoms with Crippen LogP contribution >= 0.6 is 0 Å². The van der Waals surface area contributed by atoms with Gasteiger partial charge in [-0.15, -0.1) is 0 Å². The molecule has 0 bridgehead atoms. The van der Waals surface area contributed by atoms with E-state index in [1.165, 1.54) is 5.56 Å². The molecule has 0 radical (unpaired) electrons. The van der Waals surface area contributed by atoms with Gasteiger partial charge in [0, 0.05) is 16.8 Å². The molecular formula is C18H17N3O2. The van der Waals surface area contributed by atoms with E-state index in [2.05, 4.69) is 15.5 Å². The van der Waals surface area contributed by atoms with E-state index in [1.807, 2.05) is 32.0 Å². The highest BCUT2D eigenvalue weighted by atomic mass is 16.5. The minimum absolute atomic E-state index is 0.148. The molecule has 1 amide bonds. The van der Waals surface area contributed by atoms with Crippen molar-refractivity contribution in [3.63, 3.8) is 0 Å². The molecule has 0 saturated heterocycles. The second-order valence-electron chi connectivity index (χ2n) is 5.50. The lowest BCUT2D eigenvalue weighted by molar-refractivity contribution is 0.102. The average Bonchev–Trinajstić information content (AvgIpc) is 2.97. The average molecular weight is 307 g/mol. The number of rotatable bonds is 3. The fourth-order valence-electron chi connectivity index (χ4n) is 2.33. The molecule has 23 heavy (non-hydrogen) atoms. The Balaban J connectivity index is 1.77. The first-order chi connectivity index (χ1) is 11.0. The Morgan fingerprint density at radius 3 is 2.39 bits per heavy atom. The van der Waals surface area contributed by atoms with Gasteiger partial charge in [0.15, 0.2) is 5.82 Å². The van der Waals surface area contributed by atoms with E-state index >= 15 is 0 Å². The second kappa shape index (κ2) is 6.04. The molecule has 116 valence electrons. The number of nitrogens with zero attached hydrogens (tertiary/aromatic N) is 2. The maximum Gasteiger partial charge on any atom is 0.257 e. The minimum Gasteiger partial charge on any atom is -0.334 e. The summed E-state index contributed by atoms with van der Waals surface area (Å²) in [4.78, 5) is 16.5. The highest BCUT2D eigenvalue weighted by Crippen LogP contribution is 2.20. The molecule has 1 aromatic heterocycles. The summed E-state index contributed by atoms with van der Waals surface area (Å²) in [7, 11) is 0. The molecule has 0 saturated carbocycles. The fourth-order valence-corrected chi connectivity index (χ4v) is 2.33. The third-order valence-electron chi connectivity index (χ3n) is 3.55. The summed E-state index contributed by atoms with van der Waals surface area (Å²) in [5.74, 6) is 0.880. The molecule has 0 unspecified atom stereocenters. The van der Waals surface area contributed by atoms with Gasteiger partial charge in [-0.1, -0.05) is 22.9 Å². The van der Waals surface area contributed by atoms with E-state index in [4.69, 9.17) is 4.52 Å². The van der Waals surface area contributed by atoms with Crippen LogP contribution in [0.15, 0.2) is 47.0 Å². The molecule has 5 heteroatoms.